The van der Waals surface area contributed by atoms with Crippen LogP contribution >= 0.6 is 22.9 Å². The summed E-state index contributed by atoms with van der Waals surface area (Å²) in [5.41, 5.74) is -0.229. The van der Waals surface area contributed by atoms with Crippen LogP contribution in [0.25, 0.3) is 0 Å². The average Bonchev–Trinajstić information content (AvgIpc) is 2.86. The van der Waals surface area contributed by atoms with Gasteiger partial charge in [0, 0.05) is 10.9 Å². The van der Waals surface area contributed by atoms with E-state index < -0.39 is 10.9 Å². The number of carboxylic acids is 1. The minimum Gasteiger partial charge on any atom is -0.480 e. The van der Waals surface area contributed by atoms with Gasteiger partial charge in [-0.05, 0) is 18.2 Å². The highest BCUT2D eigenvalue weighted by Gasteiger charge is 2.18. The molecule has 0 aliphatic rings. The number of carbonyl (C=O) groups is 1. The van der Waals surface area contributed by atoms with E-state index in [1.165, 1.54) is 24.3 Å². The third kappa shape index (κ3) is 3.06. The number of hydrogen-bond donors (Lipinski definition) is 1. The first-order valence-corrected chi connectivity index (χ1v) is 6.56. The maximum Gasteiger partial charge on any atom is 0.345 e. The van der Waals surface area contributed by atoms with Crippen LogP contribution < -0.4 is 4.74 Å². The predicted molar refractivity (Wildman–Crippen MR) is 73.7 cm³/mol. The van der Waals surface area contributed by atoms with Crippen molar-refractivity contribution in [1.29, 1.82) is 0 Å². The van der Waals surface area contributed by atoms with Gasteiger partial charge in [-0.1, -0.05) is 17.7 Å². The molecule has 20 heavy (non-hydrogen) atoms. The van der Waals surface area contributed by atoms with Crippen molar-refractivity contribution in [2.75, 3.05) is 0 Å². The summed E-state index contributed by atoms with van der Waals surface area (Å²) < 4.78 is 5.35. The van der Waals surface area contributed by atoms with Crippen molar-refractivity contribution in [3.05, 3.63) is 55.2 Å². The first-order chi connectivity index (χ1) is 9.49. The van der Waals surface area contributed by atoms with E-state index in [1.807, 2.05) is 0 Å². The van der Waals surface area contributed by atoms with Crippen LogP contribution in [0.5, 0.6) is 5.75 Å². The SMILES string of the molecule is O=C(O)c1ccc(COc2c(Cl)cccc2[N+](=O)[O-])s1. The second kappa shape index (κ2) is 5.89. The summed E-state index contributed by atoms with van der Waals surface area (Å²) in [4.78, 5) is 21.8. The quantitative estimate of drug-likeness (QED) is 0.673. The fourth-order valence-corrected chi connectivity index (χ4v) is 2.48. The van der Waals surface area contributed by atoms with Crippen LogP contribution in [0.3, 0.4) is 0 Å². The minimum absolute atomic E-state index is 0.0164. The summed E-state index contributed by atoms with van der Waals surface area (Å²) in [6.07, 6.45) is 0. The lowest BCUT2D eigenvalue weighted by molar-refractivity contribution is -0.385. The zero-order chi connectivity index (χ0) is 14.7. The molecule has 1 aromatic carbocycles. The molecule has 0 amide bonds. The maximum atomic E-state index is 10.9. The Hall–Kier alpha value is -2.12. The molecule has 0 fully saturated rings. The number of thiophene rings is 1. The minimum atomic E-state index is -1.02. The van der Waals surface area contributed by atoms with Crippen molar-refractivity contribution in [3.63, 3.8) is 0 Å². The molecule has 0 radical (unpaired) electrons. The van der Waals surface area contributed by atoms with E-state index in [4.69, 9.17) is 21.4 Å². The summed E-state index contributed by atoms with van der Waals surface area (Å²) >= 11 is 6.92. The summed E-state index contributed by atoms with van der Waals surface area (Å²) in [7, 11) is 0. The number of aromatic carboxylic acids is 1. The highest BCUT2D eigenvalue weighted by Crippen LogP contribution is 2.35. The summed E-state index contributed by atoms with van der Waals surface area (Å²) in [5.74, 6) is -1.05. The van der Waals surface area contributed by atoms with Gasteiger partial charge in [-0.15, -0.1) is 11.3 Å². The van der Waals surface area contributed by atoms with Gasteiger partial charge in [0.25, 0.3) is 0 Å². The van der Waals surface area contributed by atoms with E-state index in [0.717, 1.165) is 11.3 Å². The van der Waals surface area contributed by atoms with Gasteiger partial charge in [0.15, 0.2) is 0 Å². The molecule has 0 spiro atoms. The van der Waals surface area contributed by atoms with E-state index in [2.05, 4.69) is 0 Å². The van der Waals surface area contributed by atoms with E-state index >= 15 is 0 Å². The molecule has 0 saturated carbocycles. The zero-order valence-electron chi connectivity index (χ0n) is 9.91. The van der Waals surface area contributed by atoms with Gasteiger partial charge in [-0.25, -0.2) is 4.79 Å². The number of rotatable bonds is 5. The summed E-state index contributed by atoms with van der Waals surface area (Å²) in [5, 5.41) is 19.8. The van der Waals surface area contributed by atoms with E-state index in [-0.39, 0.29) is 27.9 Å². The number of nitro groups is 1. The molecule has 8 heteroatoms. The van der Waals surface area contributed by atoms with Gasteiger partial charge in [0.1, 0.15) is 11.5 Å². The standard InChI is InChI=1S/C12H8ClNO5S/c13-8-2-1-3-9(14(17)18)11(8)19-6-7-4-5-10(20-7)12(15)16/h1-5H,6H2,(H,15,16). The predicted octanol–water partition coefficient (Wildman–Crippen LogP) is 3.59. The van der Waals surface area contributed by atoms with Gasteiger partial charge in [0.05, 0.1) is 9.95 Å². The molecule has 1 N–H and O–H groups in total. The lowest BCUT2D eigenvalue weighted by Gasteiger charge is -2.06. The normalized spacial score (nSPS) is 10.2. The Morgan fingerprint density at radius 2 is 2.15 bits per heavy atom. The highest BCUT2D eigenvalue weighted by atomic mass is 35.5. The van der Waals surface area contributed by atoms with Crippen molar-refractivity contribution in [3.8, 4) is 5.75 Å². The van der Waals surface area contributed by atoms with Crippen molar-refractivity contribution in [2.45, 2.75) is 6.61 Å². The number of ether oxygens (including phenoxy) is 1. The Morgan fingerprint density at radius 3 is 2.75 bits per heavy atom. The molecule has 0 aliphatic heterocycles. The number of nitrogens with zero attached hydrogens (tertiary/aromatic N) is 1. The Kier molecular flexibility index (Phi) is 4.21. The van der Waals surface area contributed by atoms with Crippen LogP contribution in [0.4, 0.5) is 5.69 Å². The van der Waals surface area contributed by atoms with Gasteiger partial charge < -0.3 is 9.84 Å². The van der Waals surface area contributed by atoms with Crippen LogP contribution in [0.2, 0.25) is 5.02 Å². The number of carboxylic acid groups (broad SMARTS) is 1. The number of halogens is 1. The fourth-order valence-electron chi connectivity index (χ4n) is 1.50. The molecule has 6 nitrogen and oxygen atoms in total. The molecule has 104 valence electrons. The molecular weight excluding hydrogens is 306 g/mol. The van der Waals surface area contributed by atoms with Crippen LogP contribution in [-0.2, 0) is 6.61 Å². The average molecular weight is 314 g/mol. The monoisotopic (exact) mass is 313 g/mol. The molecule has 0 atom stereocenters. The zero-order valence-corrected chi connectivity index (χ0v) is 11.5. The van der Waals surface area contributed by atoms with Crippen LogP contribution in [0.1, 0.15) is 14.5 Å². The second-order valence-corrected chi connectivity index (χ2v) is 5.28. The molecule has 2 aromatic rings. The first-order valence-electron chi connectivity index (χ1n) is 5.36. The Labute approximate surface area is 122 Å². The largest absolute Gasteiger partial charge is 0.480 e. The first kappa shape index (κ1) is 14.3. The van der Waals surface area contributed by atoms with Crippen molar-refractivity contribution >= 4 is 34.6 Å². The lowest BCUT2D eigenvalue weighted by Crippen LogP contribution is -1.98. The third-order valence-electron chi connectivity index (χ3n) is 2.37. The Bertz CT molecular complexity index is 670. The molecule has 0 unspecified atom stereocenters. The fraction of sp³-hybridized carbons (Fsp3) is 0.0833. The number of benzene rings is 1. The highest BCUT2D eigenvalue weighted by molar-refractivity contribution is 7.13. The van der Waals surface area contributed by atoms with E-state index in [1.54, 1.807) is 6.07 Å². The molecule has 0 bridgehead atoms. The number of hydrogen-bond acceptors (Lipinski definition) is 5. The molecule has 0 aliphatic carbocycles. The van der Waals surface area contributed by atoms with Crippen LogP contribution in [0, 0.1) is 10.1 Å². The smallest absolute Gasteiger partial charge is 0.345 e. The van der Waals surface area contributed by atoms with Crippen molar-refractivity contribution in [1.82, 2.24) is 0 Å². The molecule has 2 rings (SSSR count). The second-order valence-electron chi connectivity index (χ2n) is 3.70. The van der Waals surface area contributed by atoms with E-state index in [9.17, 15) is 14.9 Å². The topological polar surface area (TPSA) is 89.7 Å². The summed E-state index contributed by atoms with van der Waals surface area (Å²) in [6, 6.07) is 7.28. The summed E-state index contributed by atoms with van der Waals surface area (Å²) in [6.45, 7) is 0.0164. The van der Waals surface area contributed by atoms with E-state index in [0.29, 0.717) is 4.88 Å². The maximum absolute atomic E-state index is 10.9. The van der Waals surface area contributed by atoms with Gasteiger partial charge in [-0.3, -0.25) is 10.1 Å². The molecule has 1 aromatic heterocycles. The number of nitro benzene ring substituents is 1. The Morgan fingerprint density at radius 1 is 1.40 bits per heavy atom. The molecule has 0 saturated heterocycles. The van der Waals surface area contributed by atoms with Gasteiger partial charge >= 0.3 is 11.7 Å². The van der Waals surface area contributed by atoms with Gasteiger partial charge in [-0.2, -0.15) is 0 Å². The Balaban J connectivity index is 2.18. The van der Waals surface area contributed by atoms with Crippen molar-refractivity contribution in [2.24, 2.45) is 0 Å². The van der Waals surface area contributed by atoms with Crippen molar-refractivity contribution < 1.29 is 19.6 Å². The molecular formula is C12H8ClNO5S. The van der Waals surface area contributed by atoms with Gasteiger partial charge in [0.2, 0.25) is 5.75 Å². The lowest BCUT2D eigenvalue weighted by atomic mass is 10.3. The van der Waals surface area contributed by atoms with Crippen LogP contribution in [-0.4, -0.2) is 16.0 Å². The number of para-hydroxylation sites is 1. The third-order valence-corrected chi connectivity index (χ3v) is 3.72. The van der Waals surface area contributed by atoms with Crippen LogP contribution in [0.15, 0.2) is 30.3 Å². The molecule has 1 heterocycles.